The maximum absolute atomic E-state index is 12.1. The summed E-state index contributed by atoms with van der Waals surface area (Å²) in [5.41, 5.74) is 1.12. The van der Waals surface area contributed by atoms with Gasteiger partial charge in [0.05, 0.1) is 28.3 Å². The number of quaternary nitrogens is 1. The van der Waals surface area contributed by atoms with Crippen molar-refractivity contribution in [3.05, 3.63) is 29.3 Å². The van der Waals surface area contributed by atoms with Crippen LogP contribution in [0.3, 0.4) is 0 Å². The molecule has 5 heteroatoms. The first kappa shape index (κ1) is 17.4. The summed E-state index contributed by atoms with van der Waals surface area (Å²) in [4.78, 5) is 18.3. The number of hydrogen-bond donors (Lipinski definition) is 2. The van der Waals surface area contributed by atoms with Gasteiger partial charge in [-0.2, -0.15) is 0 Å². The highest BCUT2D eigenvalue weighted by Gasteiger charge is 2.27. The van der Waals surface area contributed by atoms with Crippen LogP contribution in [-0.4, -0.2) is 36.6 Å². The van der Waals surface area contributed by atoms with Crippen LogP contribution in [0.5, 0.6) is 0 Å². The molecule has 0 spiro atoms. The molecule has 130 valence electrons. The minimum absolute atomic E-state index is 0.199. The molecule has 1 aliphatic heterocycles. The molecule has 3 rings (SSSR count). The van der Waals surface area contributed by atoms with Crippen molar-refractivity contribution in [2.75, 3.05) is 19.6 Å². The lowest BCUT2D eigenvalue weighted by atomic mass is 9.97. The van der Waals surface area contributed by atoms with Crippen molar-refractivity contribution < 1.29 is 9.69 Å². The van der Waals surface area contributed by atoms with Crippen molar-refractivity contribution in [2.24, 2.45) is 0 Å². The molecule has 0 aliphatic carbocycles. The molecule has 2 heterocycles. The van der Waals surface area contributed by atoms with Crippen molar-refractivity contribution in [3.8, 4) is 0 Å². The fraction of sp³-hybridized carbons (Fsp3) is 0.579. The number of aromatic nitrogens is 1. The van der Waals surface area contributed by atoms with E-state index in [9.17, 15) is 4.79 Å². The van der Waals surface area contributed by atoms with E-state index in [1.165, 1.54) is 14.6 Å². The van der Waals surface area contributed by atoms with Gasteiger partial charge in [0.15, 0.2) is 6.54 Å². The third-order valence-corrected chi connectivity index (χ3v) is 6.09. The molecule has 0 radical (unpaired) electrons. The van der Waals surface area contributed by atoms with E-state index in [2.05, 4.69) is 43.4 Å². The van der Waals surface area contributed by atoms with Gasteiger partial charge in [0.2, 0.25) is 0 Å². The number of para-hydroxylation sites is 1. The fourth-order valence-corrected chi connectivity index (χ4v) is 4.71. The van der Waals surface area contributed by atoms with Crippen molar-refractivity contribution in [3.63, 3.8) is 0 Å². The average Bonchev–Trinajstić information content (AvgIpc) is 2.99. The Morgan fingerprint density at radius 3 is 2.83 bits per heavy atom. The Labute approximate surface area is 148 Å². The average molecular weight is 347 g/mol. The van der Waals surface area contributed by atoms with Gasteiger partial charge >= 0.3 is 0 Å². The molecule has 1 atom stereocenters. The van der Waals surface area contributed by atoms with E-state index < -0.39 is 0 Å². The van der Waals surface area contributed by atoms with Crippen molar-refractivity contribution in [1.29, 1.82) is 0 Å². The molecular formula is C19H28N3OS+. The molecular weight excluding hydrogens is 318 g/mol. The SMILES string of the molecule is CCC[C@H](C)NC(=O)C[NH+]1CCC(c2nc3ccccc3s2)CC1. The van der Waals surface area contributed by atoms with Gasteiger partial charge in [-0.25, -0.2) is 4.98 Å². The van der Waals surface area contributed by atoms with Gasteiger partial charge in [-0.15, -0.1) is 11.3 Å². The summed E-state index contributed by atoms with van der Waals surface area (Å²) in [6.07, 6.45) is 4.43. The van der Waals surface area contributed by atoms with Crippen LogP contribution < -0.4 is 10.2 Å². The standard InChI is InChI=1S/C19H27N3OS/c1-3-6-14(2)20-18(23)13-22-11-9-15(10-12-22)19-21-16-7-4-5-8-17(16)24-19/h4-5,7-8,14-15H,3,6,9-13H2,1-2H3,(H,20,23)/p+1/t14-/m0/s1. The van der Waals surface area contributed by atoms with E-state index in [4.69, 9.17) is 4.98 Å². The third-order valence-electron chi connectivity index (χ3n) is 4.89. The van der Waals surface area contributed by atoms with E-state index in [1.807, 2.05) is 11.3 Å². The number of carbonyl (C=O) groups excluding carboxylic acids is 1. The molecule has 2 N–H and O–H groups in total. The Hall–Kier alpha value is -1.46. The lowest BCUT2D eigenvalue weighted by molar-refractivity contribution is -0.897. The number of hydrogen-bond acceptors (Lipinski definition) is 3. The number of nitrogens with one attached hydrogen (secondary N) is 2. The van der Waals surface area contributed by atoms with Gasteiger partial charge in [0.1, 0.15) is 0 Å². The third kappa shape index (κ3) is 4.33. The highest BCUT2D eigenvalue weighted by Crippen LogP contribution is 2.31. The number of nitrogens with zero attached hydrogens (tertiary/aromatic N) is 1. The molecule has 0 saturated carbocycles. The molecule has 0 unspecified atom stereocenters. The molecule has 1 aromatic carbocycles. The zero-order chi connectivity index (χ0) is 16.9. The summed E-state index contributed by atoms with van der Waals surface area (Å²) < 4.78 is 1.28. The number of piperidine rings is 1. The Balaban J connectivity index is 1.49. The van der Waals surface area contributed by atoms with E-state index in [0.29, 0.717) is 18.5 Å². The topological polar surface area (TPSA) is 46.4 Å². The summed E-state index contributed by atoms with van der Waals surface area (Å²) in [6.45, 7) is 6.99. The van der Waals surface area contributed by atoms with Gasteiger partial charge in [0.25, 0.3) is 5.91 Å². The van der Waals surface area contributed by atoms with Crippen LogP contribution in [0.4, 0.5) is 0 Å². The number of carbonyl (C=O) groups is 1. The minimum Gasteiger partial charge on any atom is -0.349 e. The zero-order valence-corrected chi connectivity index (χ0v) is 15.5. The Kier molecular flexibility index (Phi) is 5.85. The molecule has 1 aliphatic rings. The number of fused-ring (bicyclic) bond motifs is 1. The number of amides is 1. The molecule has 0 bridgehead atoms. The first-order valence-corrected chi connectivity index (χ1v) is 9.95. The maximum atomic E-state index is 12.1. The van der Waals surface area contributed by atoms with Gasteiger partial charge in [-0.1, -0.05) is 25.5 Å². The normalized spacial score (nSPS) is 22.4. The van der Waals surface area contributed by atoms with Crippen LogP contribution >= 0.6 is 11.3 Å². The van der Waals surface area contributed by atoms with E-state index in [1.54, 1.807) is 0 Å². The first-order valence-electron chi connectivity index (χ1n) is 9.14. The summed E-state index contributed by atoms with van der Waals surface area (Å²) in [6, 6.07) is 8.67. The molecule has 2 aromatic rings. The molecule has 1 aromatic heterocycles. The largest absolute Gasteiger partial charge is 0.349 e. The van der Waals surface area contributed by atoms with E-state index in [-0.39, 0.29) is 5.91 Å². The second-order valence-electron chi connectivity index (χ2n) is 6.98. The van der Waals surface area contributed by atoms with Crippen molar-refractivity contribution in [2.45, 2.75) is 51.5 Å². The summed E-state index contributed by atoms with van der Waals surface area (Å²) >= 11 is 1.83. The Bertz CT molecular complexity index is 643. The van der Waals surface area contributed by atoms with Crippen LogP contribution in [0, 0.1) is 0 Å². The smallest absolute Gasteiger partial charge is 0.275 e. The predicted octanol–water partition coefficient (Wildman–Crippen LogP) is 2.36. The van der Waals surface area contributed by atoms with Gasteiger partial charge in [-0.05, 0) is 25.5 Å². The van der Waals surface area contributed by atoms with Crippen LogP contribution in [0.15, 0.2) is 24.3 Å². The number of rotatable bonds is 6. The lowest BCUT2D eigenvalue weighted by Crippen LogP contribution is -3.14. The summed E-state index contributed by atoms with van der Waals surface area (Å²) in [7, 11) is 0. The second-order valence-corrected chi connectivity index (χ2v) is 8.04. The van der Waals surface area contributed by atoms with Crippen molar-refractivity contribution >= 4 is 27.5 Å². The van der Waals surface area contributed by atoms with Crippen LogP contribution in [0.1, 0.15) is 50.5 Å². The highest BCUT2D eigenvalue weighted by molar-refractivity contribution is 7.18. The molecule has 1 amide bonds. The lowest BCUT2D eigenvalue weighted by Gasteiger charge is -2.28. The first-order chi connectivity index (χ1) is 11.7. The maximum Gasteiger partial charge on any atom is 0.275 e. The van der Waals surface area contributed by atoms with Gasteiger partial charge in [0, 0.05) is 24.8 Å². The highest BCUT2D eigenvalue weighted by atomic mass is 32.1. The Morgan fingerprint density at radius 2 is 2.12 bits per heavy atom. The van der Waals surface area contributed by atoms with Crippen LogP contribution in [0.25, 0.3) is 10.2 Å². The molecule has 4 nitrogen and oxygen atoms in total. The molecule has 1 saturated heterocycles. The van der Waals surface area contributed by atoms with Crippen LogP contribution in [0.2, 0.25) is 0 Å². The monoisotopic (exact) mass is 346 g/mol. The number of thiazole rings is 1. The fourth-order valence-electron chi connectivity index (χ4n) is 3.57. The number of likely N-dealkylation sites (tertiary alicyclic amines) is 1. The van der Waals surface area contributed by atoms with Gasteiger partial charge < -0.3 is 10.2 Å². The zero-order valence-electron chi connectivity index (χ0n) is 14.7. The predicted molar refractivity (Wildman–Crippen MR) is 99.7 cm³/mol. The van der Waals surface area contributed by atoms with Crippen LogP contribution in [-0.2, 0) is 4.79 Å². The Morgan fingerprint density at radius 1 is 1.38 bits per heavy atom. The molecule has 1 fully saturated rings. The van der Waals surface area contributed by atoms with Crippen molar-refractivity contribution in [1.82, 2.24) is 10.3 Å². The quantitative estimate of drug-likeness (QED) is 0.843. The minimum atomic E-state index is 0.199. The summed E-state index contributed by atoms with van der Waals surface area (Å²) in [5, 5.41) is 4.39. The van der Waals surface area contributed by atoms with E-state index in [0.717, 1.165) is 44.3 Å². The second kappa shape index (κ2) is 8.08. The van der Waals surface area contributed by atoms with Gasteiger partial charge in [-0.3, -0.25) is 4.79 Å². The number of benzene rings is 1. The van der Waals surface area contributed by atoms with E-state index >= 15 is 0 Å². The summed E-state index contributed by atoms with van der Waals surface area (Å²) in [5.74, 6) is 0.762. The molecule has 24 heavy (non-hydrogen) atoms.